The van der Waals surface area contributed by atoms with E-state index < -0.39 is 21.5 Å². The Morgan fingerprint density at radius 2 is 1.53 bits per heavy atom. The van der Waals surface area contributed by atoms with Crippen molar-refractivity contribution in [1.29, 1.82) is 0 Å². The standard InChI is InChI=1S/C26H29N3O4S/c1-17-9-8-10-20(15-17)29-34(32,33)23-16-19(14-13-18(23)2)24(30)27-22-12-7-6-11-21(22)25(31)28-26(3,4)5/h6-16,29H,1-5H3,(H,27,30)(H,28,31). The SMILES string of the molecule is Cc1cccc(NS(=O)(=O)c2cc(C(=O)Nc3ccccc3C(=O)NC(C)(C)C)ccc2C)c1. The molecule has 7 nitrogen and oxygen atoms in total. The molecule has 178 valence electrons. The van der Waals surface area contributed by atoms with Crippen LogP contribution < -0.4 is 15.4 Å². The Balaban J connectivity index is 1.88. The second-order valence-corrected chi connectivity index (χ2v) is 10.8. The van der Waals surface area contributed by atoms with Gasteiger partial charge in [0.2, 0.25) is 0 Å². The Kier molecular flexibility index (Phi) is 7.12. The quantitative estimate of drug-likeness (QED) is 0.468. The largest absolute Gasteiger partial charge is 0.347 e. The highest BCUT2D eigenvalue weighted by molar-refractivity contribution is 7.92. The van der Waals surface area contributed by atoms with Crippen molar-refractivity contribution in [2.45, 2.75) is 45.1 Å². The molecule has 0 aliphatic carbocycles. The lowest BCUT2D eigenvalue weighted by Gasteiger charge is -2.21. The van der Waals surface area contributed by atoms with E-state index in [9.17, 15) is 18.0 Å². The summed E-state index contributed by atoms with van der Waals surface area (Å²) < 4.78 is 28.7. The van der Waals surface area contributed by atoms with E-state index >= 15 is 0 Å². The number of sulfonamides is 1. The van der Waals surface area contributed by atoms with Crippen molar-refractivity contribution in [3.8, 4) is 0 Å². The van der Waals surface area contributed by atoms with Gasteiger partial charge in [-0.05, 0) is 82.1 Å². The van der Waals surface area contributed by atoms with Crippen LogP contribution in [0.1, 0.15) is 52.6 Å². The highest BCUT2D eigenvalue weighted by Gasteiger charge is 2.22. The summed E-state index contributed by atoms with van der Waals surface area (Å²) in [6.45, 7) is 9.13. The van der Waals surface area contributed by atoms with E-state index in [1.54, 1.807) is 61.5 Å². The first-order chi connectivity index (χ1) is 15.9. The summed E-state index contributed by atoms with van der Waals surface area (Å²) in [7, 11) is -3.93. The summed E-state index contributed by atoms with van der Waals surface area (Å²) in [5, 5.41) is 5.61. The molecule has 0 aliphatic rings. The number of anilines is 2. The van der Waals surface area contributed by atoms with Crippen LogP contribution >= 0.6 is 0 Å². The van der Waals surface area contributed by atoms with Crippen LogP contribution in [0.2, 0.25) is 0 Å². The molecule has 2 amide bonds. The lowest BCUT2D eigenvalue weighted by Crippen LogP contribution is -2.40. The van der Waals surface area contributed by atoms with E-state index in [2.05, 4.69) is 15.4 Å². The number of aryl methyl sites for hydroxylation is 2. The zero-order chi connectivity index (χ0) is 25.1. The van der Waals surface area contributed by atoms with Gasteiger partial charge in [0.15, 0.2) is 0 Å². The molecule has 3 rings (SSSR count). The van der Waals surface area contributed by atoms with Crippen LogP contribution in [0.5, 0.6) is 0 Å². The first kappa shape index (κ1) is 25.0. The van der Waals surface area contributed by atoms with Crippen LogP contribution in [0.15, 0.2) is 71.6 Å². The molecule has 0 unspecified atom stereocenters. The zero-order valence-corrected chi connectivity index (χ0v) is 20.7. The molecule has 0 saturated carbocycles. The van der Waals surface area contributed by atoms with Crippen LogP contribution in [0.4, 0.5) is 11.4 Å². The van der Waals surface area contributed by atoms with Gasteiger partial charge >= 0.3 is 0 Å². The zero-order valence-electron chi connectivity index (χ0n) is 19.9. The number of hydrogen-bond donors (Lipinski definition) is 3. The molecule has 0 fully saturated rings. The number of amides is 2. The van der Waals surface area contributed by atoms with E-state index in [4.69, 9.17) is 0 Å². The smallest absolute Gasteiger partial charge is 0.262 e. The van der Waals surface area contributed by atoms with E-state index in [0.29, 0.717) is 22.5 Å². The van der Waals surface area contributed by atoms with Crippen LogP contribution in [-0.4, -0.2) is 25.8 Å². The molecule has 0 aromatic heterocycles. The molecule has 0 radical (unpaired) electrons. The molecule has 0 spiro atoms. The number of para-hydroxylation sites is 1. The van der Waals surface area contributed by atoms with Gasteiger partial charge in [-0.3, -0.25) is 14.3 Å². The summed E-state index contributed by atoms with van der Waals surface area (Å²) in [4.78, 5) is 25.7. The third-order valence-corrected chi connectivity index (χ3v) is 6.44. The van der Waals surface area contributed by atoms with Crippen molar-refractivity contribution in [1.82, 2.24) is 5.32 Å². The van der Waals surface area contributed by atoms with Gasteiger partial charge in [-0.15, -0.1) is 0 Å². The predicted octanol–water partition coefficient (Wildman–Crippen LogP) is 4.88. The maximum atomic E-state index is 13.0. The number of hydrogen-bond acceptors (Lipinski definition) is 4. The first-order valence-corrected chi connectivity index (χ1v) is 12.3. The molecule has 8 heteroatoms. The lowest BCUT2D eigenvalue weighted by atomic mass is 10.1. The summed E-state index contributed by atoms with van der Waals surface area (Å²) >= 11 is 0. The van der Waals surface area contributed by atoms with Crippen LogP contribution in [-0.2, 0) is 10.0 Å². The monoisotopic (exact) mass is 479 g/mol. The number of carbonyl (C=O) groups excluding carboxylic acids is 2. The highest BCUT2D eigenvalue weighted by atomic mass is 32.2. The van der Waals surface area contributed by atoms with Crippen molar-refractivity contribution in [3.05, 3.63) is 89.0 Å². The van der Waals surface area contributed by atoms with Gasteiger partial charge in [-0.1, -0.05) is 30.3 Å². The van der Waals surface area contributed by atoms with E-state index in [1.807, 2.05) is 33.8 Å². The molecule has 0 heterocycles. The maximum Gasteiger partial charge on any atom is 0.262 e. The Hall–Kier alpha value is -3.65. The van der Waals surface area contributed by atoms with Gasteiger partial charge in [0.05, 0.1) is 16.1 Å². The summed E-state index contributed by atoms with van der Waals surface area (Å²) in [5.74, 6) is -0.846. The van der Waals surface area contributed by atoms with Crippen molar-refractivity contribution in [3.63, 3.8) is 0 Å². The highest BCUT2D eigenvalue weighted by Crippen LogP contribution is 2.23. The lowest BCUT2D eigenvalue weighted by molar-refractivity contribution is 0.0920. The fourth-order valence-corrected chi connectivity index (χ4v) is 4.66. The summed E-state index contributed by atoms with van der Waals surface area (Å²) in [6.07, 6.45) is 0. The second-order valence-electron chi connectivity index (χ2n) is 9.16. The Morgan fingerprint density at radius 1 is 0.824 bits per heavy atom. The molecule has 3 aromatic carbocycles. The van der Waals surface area contributed by atoms with Gasteiger partial charge in [-0.2, -0.15) is 0 Å². The minimum Gasteiger partial charge on any atom is -0.347 e. The van der Waals surface area contributed by atoms with Crippen molar-refractivity contribution in [2.75, 3.05) is 10.0 Å². The number of benzene rings is 3. The third kappa shape index (κ3) is 6.23. The van der Waals surface area contributed by atoms with E-state index in [-0.39, 0.29) is 16.4 Å². The number of nitrogens with one attached hydrogen (secondary N) is 3. The minimum absolute atomic E-state index is 0.000386. The first-order valence-electron chi connectivity index (χ1n) is 10.8. The molecule has 0 aliphatic heterocycles. The summed E-state index contributed by atoms with van der Waals surface area (Å²) in [6, 6.07) is 18.1. The molecule has 3 aromatic rings. The summed E-state index contributed by atoms with van der Waals surface area (Å²) in [5.41, 5.74) is 2.21. The van der Waals surface area contributed by atoms with E-state index in [0.717, 1.165) is 5.56 Å². The average molecular weight is 480 g/mol. The van der Waals surface area contributed by atoms with Crippen molar-refractivity contribution in [2.24, 2.45) is 0 Å². The molecule has 0 saturated heterocycles. The van der Waals surface area contributed by atoms with Crippen molar-refractivity contribution >= 4 is 33.2 Å². The average Bonchev–Trinajstić information content (AvgIpc) is 2.72. The molecular formula is C26H29N3O4S. The Labute approximate surface area is 200 Å². The minimum atomic E-state index is -3.93. The topological polar surface area (TPSA) is 104 Å². The molecule has 34 heavy (non-hydrogen) atoms. The fraction of sp³-hybridized carbons (Fsp3) is 0.231. The van der Waals surface area contributed by atoms with Gasteiger partial charge in [-0.25, -0.2) is 8.42 Å². The van der Waals surface area contributed by atoms with Gasteiger partial charge < -0.3 is 10.6 Å². The Bertz CT molecular complexity index is 1340. The molecule has 0 atom stereocenters. The second kappa shape index (κ2) is 9.69. The van der Waals surface area contributed by atoms with Crippen LogP contribution in [0.25, 0.3) is 0 Å². The van der Waals surface area contributed by atoms with Crippen LogP contribution in [0, 0.1) is 13.8 Å². The maximum absolute atomic E-state index is 13.0. The number of rotatable bonds is 6. The van der Waals surface area contributed by atoms with E-state index in [1.165, 1.54) is 6.07 Å². The number of carbonyl (C=O) groups is 2. The fourth-order valence-electron chi connectivity index (χ4n) is 3.34. The van der Waals surface area contributed by atoms with Gasteiger partial charge in [0.1, 0.15) is 0 Å². The molecule has 0 bridgehead atoms. The Morgan fingerprint density at radius 3 is 2.21 bits per heavy atom. The van der Waals surface area contributed by atoms with Gasteiger partial charge in [0, 0.05) is 16.8 Å². The normalized spacial score (nSPS) is 11.6. The molecular weight excluding hydrogens is 450 g/mol. The van der Waals surface area contributed by atoms with Crippen LogP contribution in [0.3, 0.4) is 0 Å². The third-order valence-electron chi connectivity index (χ3n) is 4.92. The molecule has 3 N–H and O–H groups in total. The van der Waals surface area contributed by atoms with Gasteiger partial charge in [0.25, 0.3) is 21.8 Å². The van der Waals surface area contributed by atoms with Crippen molar-refractivity contribution < 1.29 is 18.0 Å². The predicted molar refractivity (Wildman–Crippen MR) is 135 cm³/mol.